The van der Waals surface area contributed by atoms with Crippen LogP contribution in [0.5, 0.6) is 11.5 Å². The number of anilines is 4. The van der Waals surface area contributed by atoms with Gasteiger partial charge < -0.3 is 15.4 Å². The highest BCUT2D eigenvalue weighted by atomic mass is 32.2. The maximum atomic E-state index is 6.13. The van der Waals surface area contributed by atoms with Gasteiger partial charge in [-0.15, -0.1) is 0 Å². The minimum absolute atomic E-state index is 0.814. The molecule has 0 aliphatic carbocycles. The molecule has 28 heavy (non-hydrogen) atoms. The molecule has 0 amide bonds. The summed E-state index contributed by atoms with van der Waals surface area (Å²) in [5.74, 6) is 1.65. The number of nitrogens with one attached hydrogen (secondary N) is 2. The third-order valence-electron chi connectivity index (χ3n) is 4.99. The van der Waals surface area contributed by atoms with Crippen LogP contribution in [-0.2, 0) is 0 Å². The van der Waals surface area contributed by atoms with E-state index < -0.39 is 0 Å². The van der Waals surface area contributed by atoms with E-state index in [-0.39, 0.29) is 0 Å². The molecular formula is C24H15N2OS. The molecule has 133 valence electrons. The second-order valence-corrected chi connectivity index (χ2v) is 7.80. The molecule has 3 nitrogen and oxygen atoms in total. The fourth-order valence-corrected chi connectivity index (χ4v) is 4.70. The van der Waals surface area contributed by atoms with Gasteiger partial charge in [-0.1, -0.05) is 48.2 Å². The topological polar surface area (TPSA) is 33.3 Å². The summed E-state index contributed by atoms with van der Waals surface area (Å²) >= 11 is 1.79. The highest BCUT2D eigenvalue weighted by molar-refractivity contribution is 7.99. The summed E-state index contributed by atoms with van der Waals surface area (Å²) in [6.45, 7) is 0. The van der Waals surface area contributed by atoms with Gasteiger partial charge in [0.2, 0.25) is 0 Å². The Bertz CT molecular complexity index is 1140. The zero-order valence-electron chi connectivity index (χ0n) is 14.8. The first-order valence-corrected chi connectivity index (χ1v) is 9.94. The summed E-state index contributed by atoms with van der Waals surface area (Å²) in [5, 5.41) is 7.17. The van der Waals surface area contributed by atoms with Crippen LogP contribution in [0.2, 0.25) is 0 Å². The lowest BCUT2D eigenvalue weighted by atomic mass is 9.99. The van der Waals surface area contributed by atoms with Gasteiger partial charge in [-0.3, -0.25) is 0 Å². The number of fused-ring (bicyclic) bond motifs is 4. The fourth-order valence-electron chi connectivity index (χ4n) is 3.68. The molecular weight excluding hydrogens is 364 g/mol. The molecule has 4 heteroatoms. The molecule has 0 bridgehead atoms. The van der Waals surface area contributed by atoms with E-state index in [1.807, 2.05) is 36.4 Å². The van der Waals surface area contributed by atoms with Crippen LogP contribution in [0.3, 0.4) is 0 Å². The summed E-state index contributed by atoms with van der Waals surface area (Å²) < 4.78 is 6.13. The van der Waals surface area contributed by atoms with Crippen molar-refractivity contribution in [3.8, 4) is 22.6 Å². The van der Waals surface area contributed by atoms with E-state index in [2.05, 4.69) is 59.2 Å². The van der Waals surface area contributed by atoms with Crippen LogP contribution in [0.15, 0.2) is 88.7 Å². The Labute approximate surface area is 167 Å². The van der Waals surface area contributed by atoms with E-state index in [0.717, 1.165) is 45.4 Å². The molecule has 0 aromatic heterocycles. The molecule has 0 unspecified atom stereocenters. The van der Waals surface area contributed by atoms with E-state index in [9.17, 15) is 0 Å². The van der Waals surface area contributed by atoms with Gasteiger partial charge in [0.05, 0.1) is 22.7 Å². The summed E-state index contributed by atoms with van der Waals surface area (Å²) in [5.41, 5.74) is 6.25. The molecule has 4 aromatic rings. The highest BCUT2D eigenvalue weighted by Gasteiger charge is 2.24. The Morgan fingerprint density at radius 3 is 2.43 bits per heavy atom. The maximum absolute atomic E-state index is 6.13. The molecule has 0 spiro atoms. The van der Waals surface area contributed by atoms with Gasteiger partial charge in [0.25, 0.3) is 0 Å². The van der Waals surface area contributed by atoms with Gasteiger partial charge in [0.15, 0.2) is 11.5 Å². The van der Waals surface area contributed by atoms with Gasteiger partial charge in [-0.05, 0) is 48.5 Å². The summed E-state index contributed by atoms with van der Waals surface area (Å²) in [7, 11) is 0. The number of hydrogen-bond acceptors (Lipinski definition) is 4. The Morgan fingerprint density at radius 1 is 0.679 bits per heavy atom. The van der Waals surface area contributed by atoms with Crippen molar-refractivity contribution in [2.45, 2.75) is 9.79 Å². The number of hydrogen-bond donors (Lipinski definition) is 2. The van der Waals surface area contributed by atoms with Crippen molar-refractivity contribution in [2.75, 3.05) is 10.6 Å². The fraction of sp³-hybridized carbons (Fsp3) is 0. The molecule has 2 aliphatic heterocycles. The van der Waals surface area contributed by atoms with Gasteiger partial charge in [-0.25, -0.2) is 0 Å². The third kappa shape index (κ3) is 2.38. The average molecular weight is 379 g/mol. The van der Waals surface area contributed by atoms with Crippen molar-refractivity contribution in [1.82, 2.24) is 0 Å². The zero-order chi connectivity index (χ0) is 18.5. The smallest absolute Gasteiger partial charge is 0.151 e. The van der Waals surface area contributed by atoms with E-state index in [0.29, 0.717) is 0 Å². The van der Waals surface area contributed by atoms with Crippen LogP contribution in [0.25, 0.3) is 11.1 Å². The van der Waals surface area contributed by atoms with Crippen molar-refractivity contribution in [1.29, 1.82) is 0 Å². The molecule has 0 saturated heterocycles. The number of benzene rings is 4. The largest absolute Gasteiger partial charge is 0.453 e. The Morgan fingerprint density at radius 2 is 1.46 bits per heavy atom. The van der Waals surface area contributed by atoms with E-state index >= 15 is 0 Å². The number of ether oxygens (including phenoxy) is 1. The Balaban J connectivity index is 1.50. The SMILES string of the molecule is [c]1ccc2c(c1-c1cccc3c1Nc1ccccc1S3)Nc1ccccc1O2. The van der Waals surface area contributed by atoms with E-state index in [1.165, 1.54) is 9.79 Å². The number of para-hydroxylation sites is 4. The second-order valence-electron chi connectivity index (χ2n) is 6.72. The predicted octanol–water partition coefficient (Wildman–Crippen LogP) is 7.21. The molecule has 4 aromatic carbocycles. The van der Waals surface area contributed by atoms with E-state index in [1.54, 1.807) is 11.8 Å². The molecule has 0 saturated carbocycles. The lowest BCUT2D eigenvalue weighted by Gasteiger charge is -2.27. The molecule has 2 N–H and O–H groups in total. The molecule has 0 fully saturated rings. The Kier molecular flexibility index (Phi) is 3.40. The Hall–Kier alpha value is -3.37. The van der Waals surface area contributed by atoms with Crippen molar-refractivity contribution < 1.29 is 4.74 Å². The minimum atomic E-state index is 0.814. The van der Waals surface area contributed by atoms with Gasteiger partial charge >= 0.3 is 0 Å². The van der Waals surface area contributed by atoms with Crippen LogP contribution in [0.1, 0.15) is 0 Å². The summed E-state index contributed by atoms with van der Waals surface area (Å²) in [6, 6.07) is 30.1. The first kappa shape index (κ1) is 15.7. The molecule has 2 heterocycles. The van der Waals surface area contributed by atoms with E-state index in [4.69, 9.17) is 4.74 Å². The average Bonchev–Trinajstić information content (AvgIpc) is 2.75. The summed E-state index contributed by atoms with van der Waals surface area (Å²) in [6.07, 6.45) is 0. The molecule has 2 aliphatic rings. The normalized spacial score (nSPS) is 13.0. The van der Waals surface area contributed by atoms with Crippen LogP contribution in [0, 0.1) is 6.07 Å². The van der Waals surface area contributed by atoms with Crippen molar-refractivity contribution in [2.24, 2.45) is 0 Å². The lowest BCUT2D eigenvalue weighted by Crippen LogP contribution is -2.06. The van der Waals surface area contributed by atoms with Crippen molar-refractivity contribution in [3.63, 3.8) is 0 Å². The molecule has 1 radical (unpaired) electrons. The third-order valence-corrected chi connectivity index (χ3v) is 6.12. The van der Waals surface area contributed by atoms with Crippen LogP contribution >= 0.6 is 11.8 Å². The van der Waals surface area contributed by atoms with Crippen molar-refractivity contribution >= 4 is 34.5 Å². The highest BCUT2D eigenvalue weighted by Crippen LogP contribution is 2.51. The monoisotopic (exact) mass is 379 g/mol. The van der Waals surface area contributed by atoms with Crippen LogP contribution < -0.4 is 15.4 Å². The number of rotatable bonds is 1. The van der Waals surface area contributed by atoms with Crippen molar-refractivity contribution in [3.05, 3.63) is 84.9 Å². The first-order chi connectivity index (χ1) is 13.9. The van der Waals surface area contributed by atoms with Crippen LogP contribution in [-0.4, -0.2) is 0 Å². The second kappa shape index (κ2) is 6.08. The summed E-state index contributed by atoms with van der Waals surface area (Å²) in [4.78, 5) is 2.45. The van der Waals surface area contributed by atoms with Crippen LogP contribution in [0.4, 0.5) is 22.7 Å². The zero-order valence-corrected chi connectivity index (χ0v) is 15.6. The molecule has 6 rings (SSSR count). The predicted molar refractivity (Wildman–Crippen MR) is 114 cm³/mol. The maximum Gasteiger partial charge on any atom is 0.151 e. The lowest BCUT2D eigenvalue weighted by molar-refractivity contribution is 0.481. The minimum Gasteiger partial charge on any atom is -0.453 e. The molecule has 0 atom stereocenters. The van der Waals surface area contributed by atoms with Gasteiger partial charge in [-0.2, -0.15) is 0 Å². The van der Waals surface area contributed by atoms with Gasteiger partial charge in [0, 0.05) is 20.9 Å². The standard InChI is InChI=1S/C24H15N2OS/c1-3-11-19-17(9-1)25-23-15(7-5-12-20(23)27-19)16-8-6-14-22-24(16)26-18-10-2-4-13-21(18)28-22/h1-6,8-14,25-26H. The van der Waals surface area contributed by atoms with Gasteiger partial charge in [0.1, 0.15) is 0 Å². The quantitative estimate of drug-likeness (QED) is 0.316. The first-order valence-electron chi connectivity index (χ1n) is 9.13.